The van der Waals surface area contributed by atoms with Crippen LogP contribution in [0.25, 0.3) is 10.1 Å². The van der Waals surface area contributed by atoms with Crippen LogP contribution in [0.2, 0.25) is 0 Å². The third-order valence-electron chi connectivity index (χ3n) is 2.66. The molecule has 94 valence electrons. The average Bonchev–Trinajstić information content (AvgIpc) is 3.07. The molecule has 1 aromatic heterocycles. The van der Waals surface area contributed by atoms with Crippen molar-refractivity contribution in [3.63, 3.8) is 0 Å². The Bertz CT molecular complexity index is 734. The monoisotopic (exact) mass is 286 g/mol. The Hall–Kier alpha value is -1.85. The smallest absolute Gasteiger partial charge is 0.173 e. The predicted molar refractivity (Wildman–Crippen MR) is 80.1 cm³/mol. The molecule has 2 aromatic carbocycles. The van der Waals surface area contributed by atoms with E-state index in [1.807, 2.05) is 42.6 Å². The van der Waals surface area contributed by atoms with Crippen molar-refractivity contribution in [2.24, 2.45) is 4.40 Å². The normalized spacial score (nSPS) is 15.9. The first-order valence-electron chi connectivity index (χ1n) is 5.69. The Balaban J connectivity index is 0.000000117. The number of hydrogen-bond donors (Lipinski definition) is 0. The minimum absolute atomic E-state index is 0.822. The van der Waals surface area contributed by atoms with Crippen LogP contribution in [0, 0.1) is 0 Å². The Kier molecular flexibility index (Phi) is 3.48. The first-order valence-corrected chi connectivity index (χ1v) is 7.57. The van der Waals surface area contributed by atoms with E-state index in [9.17, 15) is 4.21 Å². The summed E-state index contributed by atoms with van der Waals surface area (Å²) in [6.45, 7) is 0. The zero-order valence-corrected chi connectivity index (χ0v) is 11.5. The lowest BCUT2D eigenvalue weighted by Gasteiger charge is -1.90. The van der Waals surface area contributed by atoms with Gasteiger partial charge in [-0.05, 0) is 23.7 Å². The topological polar surface area (TPSA) is 42.3 Å². The molecule has 0 spiro atoms. The van der Waals surface area contributed by atoms with Crippen LogP contribution in [0.4, 0.5) is 0 Å². The van der Waals surface area contributed by atoms with Crippen LogP contribution in [0.1, 0.15) is 5.56 Å². The summed E-state index contributed by atoms with van der Waals surface area (Å²) in [6.07, 6.45) is 3.53. The van der Waals surface area contributed by atoms with E-state index in [2.05, 4.69) is 20.9 Å². The van der Waals surface area contributed by atoms with Crippen molar-refractivity contribution >= 4 is 38.8 Å². The molecule has 0 fully saturated rings. The van der Waals surface area contributed by atoms with E-state index in [1.54, 1.807) is 6.21 Å². The Morgan fingerprint density at radius 3 is 2.63 bits per heavy atom. The lowest BCUT2D eigenvalue weighted by atomic mass is 10.2. The van der Waals surface area contributed by atoms with Crippen molar-refractivity contribution < 1.29 is 4.21 Å². The Labute approximate surface area is 117 Å². The van der Waals surface area contributed by atoms with Crippen molar-refractivity contribution in [1.29, 1.82) is 0 Å². The molecule has 0 saturated carbocycles. The Morgan fingerprint density at radius 2 is 1.79 bits per heavy atom. The van der Waals surface area contributed by atoms with E-state index in [1.165, 1.54) is 21.6 Å². The molecule has 2 heterocycles. The molecule has 3 nitrogen and oxygen atoms in total. The third kappa shape index (κ3) is 2.62. The van der Waals surface area contributed by atoms with Crippen LogP contribution < -0.4 is 0 Å². The highest BCUT2D eigenvalue weighted by Crippen LogP contribution is 2.17. The van der Waals surface area contributed by atoms with Gasteiger partial charge in [0.2, 0.25) is 0 Å². The molecule has 0 saturated heterocycles. The fraction of sp³-hybridized carbons (Fsp3) is 0. The predicted octanol–water partition coefficient (Wildman–Crippen LogP) is 3.44. The van der Waals surface area contributed by atoms with Gasteiger partial charge in [0.05, 0.1) is 9.60 Å². The van der Waals surface area contributed by atoms with Crippen molar-refractivity contribution in [3.8, 4) is 0 Å². The number of rotatable bonds is 0. The first kappa shape index (κ1) is 12.2. The number of fused-ring (bicyclic) bond motifs is 2. The van der Waals surface area contributed by atoms with Crippen molar-refractivity contribution in [1.82, 2.24) is 4.37 Å². The van der Waals surface area contributed by atoms with Gasteiger partial charge in [0, 0.05) is 23.4 Å². The highest BCUT2D eigenvalue weighted by molar-refractivity contribution is 7.84. The van der Waals surface area contributed by atoms with Crippen LogP contribution in [0.15, 0.2) is 64.0 Å². The number of nitrogens with zero attached hydrogens (tertiary/aromatic N) is 2. The zero-order chi connectivity index (χ0) is 13.1. The minimum atomic E-state index is -1.13. The summed E-state index contributed by atoms with van der Waals surface area (Å²) >= 11 is 1.54. The largest absolute Gasteiger partial charge is 0.229 e. The molecule has 19 heavy (non-hydrogen) atoms. The van der Waals surface area contributed by atoms with Crippen molar-refractivity contribution in [2.75, 3.05) is 0 Å². The number of hydrogen-bond acceptors (Lipinski definition) is 3. The van der Waals surface area contributed by atoms with Gasteiger partial charge >= 0.3 is 0 Å². The highest BCUT2D eigenvalue weighted by Gasteiger charge is 2.11. The maximum absolute atomic E-state index is 11.0. The lowest BCUT2D eigenvalue weighted by molar-refractivity contribution is 0.685. The van der Waals surface area contributed by atoms with E-state index in [0.717, 1.165) is 10.5 Å². The van der Waals surface area contributed by atoms with Crippen molar-refractivity contribution in [3.05, 3.63) is 60.3 Å². The molecule has 0 bridgehead atoms. The van der Waals surface area contributed by atoms with E-state index in [0.29, 0.717) is 0 Å². The molecule has 1 aliphatic heterocycles. The Morgan fingerprint density at radius 1 is 1.00 bits per heavy atom. The van der Waals surface area contributed by atoms with Crippen LogP contribution in [0.5, 0.6) is 0 Å². The maximum atomic E-state index is 11.0. The van der Waals surface area contributed by atoms with Gasteiger partial charge in [0.1, 0.15) is 0 Å². The van der Waals surface area contributed by atoms with Crippen molar-refractivity contribution in [2.45, 2.75) is 4.90 Å². The standard InChI is InChI=1S/C7H5NOS.C7H5NS/c9-10-7-4-2-1-3-6(7)5-8-10;1-2-4-7-6(3-1)5-8-9-7/h1-5H;1-5H. The molecule has 0 N–H and O–H groups in total. The molecular weight excluding hydrogens is 276 g/mol. The fourth-order valence-corrected chi connectivity index (χ4v) is 3.20. The minimum Gasteiger partial charge on any atom is -0.229 e. The second-order valence-corrected chi connectivity index (χ2v) is 5.87. The summed E-state index contributed by atoms with van der Waals surface area (Å²) in [5, 5.41) is 1.24. The van der Waals surface area contributed by atoms with E-state index >= 15 is 0 Å². The fourth-order valence-electron chi connectivity index (χ4n) is 1.72. The van der Waals surface area contributed by atoms with Gasteiger partial charge in [-0.2, -0.15) is 8.77 Å². The molecule has 5 heteroatoms. The first-order chi connectivity index (χ1) is 9.34. The van der Waals surface area contributed by atoms with E-state index < -0.39 is 11.0 Å². The third-order valence-corrected chi connectivity index (χ3v) is 4.48. The molecule has 1 unspecified atom stereocenters. The van der Waals surface area contributed by atoms with Crippen LogP contribution in [-0.2, 0) is 11.0 Å². The summed E-state index contributed by atoms with van der Waals surface area (Å²) in [7, 11) is -1.13. The van der Waals surface area contributed by atoms with Gasteiger partial charge in [-0.1, -0.05) is 36.4 Å². The van der Waals surface area contributed by atoms with E-state index in [-0.39, 0.29) is 0 Å². The maximum Gasteiger partial charge on any atom is 0.173 e. The zero-order valence-electron chi connectivity index (χ0n) is 9.89. The molecule has 3 aromatic rings. The lowest BCUT2D eigenvalue weighted by Crippen LogP contribution is -1.82. The van der Waals surface area contributed by atoms with Crippen LogP contribution >= 0.6 is 11.5 Å². The van der Waals surface area contributed by atoms with E-state index in [4.69, 9.17) is 0 Å². The average molecular weight is 286 g/mol. The second-order valence-electron chi connectivity index (χ2n) is 3.89. The van der Waals surface area contributed by atoms with Gasteiger partial charge in [-0.25, -0.2) is 4.21 Å². The van der Waals surface area contributed by atoms with Crippen LogP contribution in [-0.4, -0.2) is 14.8 Å². The summed E-state index contributed by atoms with van der Waals surface area (Å²) in [5.74, 6) is 0. The number of aromatic nitrogens is 1. The quantitative estimate of drug-likeness (QED) is 0.635. The molecule has 0 radical (unpaired) electrons. The summed E-state index contributed by atoms with van der Waals surface area (Å²) in [5.41, 5.74) is 0.973. The molecule has 0 aliphatic carbocycles. The van der Waals surface area contributed by atoms with Gasteiger partial charge in [0.15, 0.2) is 11.0 Å². The molecular formula is C14H10N2OS2. The summed E-state index contributed by atoms with van der Waals surface area (Å²) in [6, 6.07) is 15.7. The van der Waals surface area contributed by atoms with Crippen LogP contribution in [0.3, 0.4) is 0 Å². The van der Waals surface area contributed by atoms with Gasteiger partial charge in [-0.3, -0.25) is 0 Å². The molecule has 4 rings (SSSR count). The highest BCUT2D eigenvalue weighted by atomic mass is 32.2. The van der Waals surface area contributed by atoms with Gasteiger partial charge in [-0.15, -0.1) is 0 Å². The van der Waals surface area contributed by atoms with Gasteiger partial charge in [0.25, 0.3) is 0 Å². The summed E-state index contributed by atoms with van der Waals surface area (Å²) in [4.78, 5) is 0.822. The second kappa shape index (κ2) is 5.42. The number of benzene rings is 2. The van der Waals surface area contributed by atoms with Gasteiger partial charge < -0.3 is 0 Å². The molecule has 0 amide bonds. The SMILES string of the molecule is O=S1N=Cc2ccccc21.c1ccc2sncc2c1. The molecule has 1 aliphatic rings. The molecule has 1 atom stereocenters. The summed E-state index contributed by atoms with van der Waals surface area (Å²) < 4.78 is 20.0.